The minimum absolute atomic E-state index is 0. The van der Waals surface area contributed by atoms with Gasteiger partial charge in [0.2, 0.25) is 0 Å². The van der Waals surface area contributed by atoms with Crippen LogP contribution in [0.25, 0.3) is 0 Å². The van der Waals surface area contributed by atoms with E-state index in [1.54, 1.807) is 13.8 Å². The number of hydrogen-bond acceptors (Lipinski definition) is 2. The Bertz CT molecular complexity index is 116. The van der Waals surface area contributed by atoms with Crippen LogP contribution >= 0.6 is 7.82 Å². The van der Waals surface area contributed by atoms with E-state index in [4.69, 9.17) is 9.79 Å². The molecular formula is C3H11CaO4P. The molecule has 2 N–H and O–H groups in total. The Hall–Kier alpha value is 1.37. The van der Waals surface area contributed by atoms with E-state index in [1.807, 2.05) is 0 Å². The Labute approximate surface area is 86.8 Å². The summed E-state index contributed by atoms with van der Waals surface area (Å²) in [7, 11) is -4.22. The van der Waals surface area contributed by atoms with Crippen LogP contribution in [0.3, 0.4) is 0 Å². The van der Waals surface area contributed by atoms with Crippen LogP contribution in [0.1, 0.15) is 16.7 Å². The maximum absolute atomic E-state index is 9.91. The van der Waals surface area contributed by atoms with E-state index < -0.39 is 13.9 Å². The number of rotatable bonds is 2. The van der Waals surface area contributed by atoms with Crippen LogP contribution in [0.4, 0.5) is 0 Å². The second-order valence-electron chi connectivity index (χ2n) is 1.64. The van der Waals surface area contributed by atoms with Crippen LogP contribution in [0.5, 0.6) is 0 Å². The van der Waals surface area contributed by atoms with Gasteiger partial charge in [0.15, 0.2) is 0 Å². The van der Waals surface area contributed by atoms with E-state index in [9.17, 15) is 4.57 Å². The van der Waals surface area contributed by atoms with Crippen LogP contribution in [-0.2, 0) is 9.09 Å². The van der Waals surface area contributed by atoms with Crippen molar-refractivity contribution in [3.05, 3.63) is 0 Å². The predicted molar refractivity (Wildman–Crippen MR) is 36.2 cm³/mol. The molecule has 0 saturated heterocycles. The summed E-state index contributed by atoms with van der Waals surface area (Å²) in [4.78, 5) is 16.2. The fourth-order valence-electron chi connectivity index (χ4n) is 0.275. The summed E-state index contributed by atoms with van der Waals surface area (Å²) in [5.74, 6) is 0. The summed E-state index contributed by atoms with van der Waals surface area (Å²) in [6.07, 6.45) is -0.421. The molecule has 0 aromatic heterocycles. The van der Waals surface area contributed by atoms with Gasteiger partial charge < -0.3 is 12.6 Å². The SMILES string of the molecule is CC(C)OP(=O)(O)O.[Ca+2].[H-].[H-]. The van der Waals surface area contributed by atoms with E-state index in [0.717, 1.165) is 0 Å². The third-order valence-electron chi connectivity index (χ3n) is 0.348. The van der Waals surface area contributed by atoms with Crippen LogP contribution in [0, 0.1) is 0 Å². The van der Waals surface area contributed by atoms with Crippen LogP contribution in [0.2, 0.25) is 0 Å². The number of hydrogen-bond donors (Lipinski definition) is 2. The molecule has 0 unspecified atom stereocenters. The fourth-order valence-corrected chi connectivity index (χ4v) is 0.824. The normalized spacial score (nSPS) is 11.2. The quantitative estimate of drug-likeness (QED) is 0.477. The summed E-state index contributed by atoms with van der Waals surface area (Å²) in [5.41, 5.74) is 0. The zero-order valence-corrected chi connectivity index (χ0v) is 8.55. The number of phosphoric ester groups is 1. The molecule has 0 spiro atoms. The fraction of sp³-hybridized carbons (Fsp3) is 1.00. The third-order valence-corrected chi connectivity index (χ3v) is 1.04. The second-order valence-corrected chi connectivity index (χ2v) is 2.84. The van der Waals surface area contributed by atoms with Gasteiger partial charge in [-0.05, 0) is 13.8 Å². The molecule has 0 atom stereocenters. The minimum atomic E-state index is -4.22. The molecule has 0 aliphatic carbocycles. The van der Waals surface area contributed by atoms with Crippen molar-refractivity contribution >= 4 is 45.6 Å². The Kier molecular flexibility index (Phi) is 7.33. The molecule has 0 radical (unpaired) electrons. The van der Waals surface area contributed by atoms with Crippen LogP contribution < -0.4 is 0 Å². The van der Waals surface area contributed by atoms with Crippen molar-refractivity contribution in [3.8, 4) is 0 Å². The summed E-state index contributed by atoms with van der Waals surface area (Å²) in [6.45, 7) is 3.11. The molecule has 0 bridgehead atoms. The smallest absolute Gasteiger partial charge is 1.00 e. The summed E-state index contributed by atoms with van der Waals surface area (Å²) < 4.78 is 14.0. The molecule has 0 aromatic rings. The average molecular weight is 182 g/mol. The first-order valence-corrected chi connectivity index (χ1v) is 3.69. The van der Waals surface area contributed by atoms with Gasteiger partial charge in [-0.25, -0.2) is 4.57 Å². The van der Waals surface area contributed by atoms with Gasteiger partial charge in [0, 0.05) is 0 Å². The Morgan fingerprint density at radius 3 is 1.89 bits per heavy atom. The Morgan fingerprint density at radius 1 is 1.56 bits per heavy atom. The van der Waals surface area contributed by atoms with Crippen LogP contribution in [0.15, 0.2) is 0 Å². The average Bonchev–Trinajstić information content (AvgIpc) is 1.21. The van der Waals surface area contributed by atoms with Gasteiger partial charge in [0.1, 0.15) is 0 Å². The molecule has 0 aliphatic rings. The van der Waals surface area contributed by atoms with Crippen molar-refractivity contribution in [2.45, 2.75) is 20.0 Å². The largest absolute Gasteiger partial charge is 2.00 e. The van der Waals surface area contributed by atoms with Crippen molar-refractivity contribution < 1.29 is 21.7 Å². The van der Waals surface area contributed by atoms with Crippen molar-refractivity contribution in [1.29, 1.82) is 0 Å². The maximum atomic E-state index is 9.91. The van der Waals surface area contributed by atoms with Crippen molar-refractivity contribution in [1.82, 2.24) is 0 Å². The van der Waals surface area contributed by atoms with Gasteiger partial charge in [-0.1, -0.05) is 0 Å². The molecule has 0 aromatic carbocycles. The summed E-state index contributed by atoms with van der Waals surface area (Å²) in [5, 5.41) is 0. The standard InChI is InChI=1S/C3H9O4P.Ca.2H/c1-3(2)7-8(4,5)6;;;/h3H,1-2H3,(H2,4,5,6);;;/q;+2;2*-1. The third kappa shape index (κ3) is 12.5. The van der Waals surface area contributed by atoms with E-state index in [1.165, 1.54) is 0 Å². The van der Waals surface area contributed by atoms with Gasteiger partial charge in [0.05, 0.1) is 6.10 Å². The van der Waals surface area contributed by atoms with Gasteiger partial charge >= 0.3 is 45.6 Å². The van der Waals surface area contributed by atoms with E-state index >= 15 is 0 Å². The Balaban J connectivity index is -0.0000000817. The van der Waals surface area contributed by atoms with Crippen molar-refractivity contribution in [2.75, 3.05) is 0 Å². The van der Waals surface area contributed by atoms with Gasteiger partial charge in [-0.15, -0.1) is 0 Å². The van der Waals surface area contributed by atoms with Gasteiger partial charge in [-0.2, -0.15) is 0 Å². The molecule has 9 heavy (non-hydrogen) atoms. The molecule has 0 fully saturated rings. The molecule has 54 valence electrons. The zero-order valence-electron chi connectivity index (χ0n) is 7.44. The molecule has 4 nitrogen and oxygen atoms in total. The Morgan fingerprint density at radius 2 is 1.89 bits per heavy atom. The number of phosphoric acid groups is 1. The van der Waals surface area contributed by atoms with Gasteiger partial charge in [-0.3, -0.25) is 4.52 Å². The van der Waals surface area contributed by atoms with Crippen molar-refractivity contribution in [3.63, 3.8) is 0 Å². The molecule has 0 aliphatic heterocycles. The van der Waals surface area contributed by atoms with E-state index in [0.29, 0.717) is 0 Å². The first kappa shape index (κ1) is 13.0. The topological polar surface area (TPSA) is 66.8 Å². The second kappa shape index (κ2) is 5.08. The van der Waals surface area contributed by atoms with E-state index in [-0.39, 0.29) is 40.6 Å². The molecule has 0 rings (SSSR count). The molecule has 6 heteroatoms. The molecule has 0 heterocycles. The zero-order chi connectivity index (χ0) is 6.78. The summed E-state index contributed by atoms with van der Waals surface area (Å²) in [6, 6.07) is 0. The monoisotopic (exact) mass is 182 g/mol. The predicted octanol–water partition coefficient (Wildman–Crippen LogP) is 0.348. The maximum Gasteiger partial charge on any atom is 2.00 e. The first-order chi connectivity index (χ1) is 3.42. The first-order valence-electron chi connectivity index (χ1n) is 2.16. The minimum Gasteiger partial charge on any atom is -1.00 e. The van der Waals surface area contributed by atoms with E-state index in [2.05, 4.69) is 4.52 Å². The molecule has 0 saturated carbocycles. The molecular weight excluding hydrogens is 171 g/mol. The summed E-state index contributed by atoms with van der Waals surface area (Å²) >= 11 is 0. The van der Waals surface area contributed by atoms with Gasteiger partial charge in [0.25, 0.3) is 0 Å². The van der Waals surface area contributed by atoms with Crippen molar-refractivity contribution in [2.24, 2.45) is 0 Å². The molecule has 0 amide bonds. The van der Waals surface area contributed by atoms with Crippen LogP contribution in [-0.4, -0.2) is 53.6 Å².